The number of nitrogen functional groups attached to an aromatic ring is 1. The summed E-state index contributed by atoms with van der Waals surface area (Å²) in [6.07, 6.45) is 0. The van der Waals surface area contributed by atoms with E-state index in [0.717, 1.165) is 0 Å². The fourth-order valence-corrected chi connectivity index (χ4v) is 2.65. The van der Waals surface area contributed by atoms with Gasteiger partial charge in [-0.3, -0.25) is 4.79 Å². The number of aromatic hydroxyl groups is 1. The van der Waals surface area contributed by atoms with Crippen LogP contribution < -0.4 is 11.3 Å². The third-order valence-corrected chi connectivity index (χ3v) is 4.38. The van der Waals surface area contributed by atoms with Gasteiger partial charge in [0.2, 0.25) is 0 Å². The van der Waals surface area contributed by atoms with Crippen molar-refractivity contribution in [1.82, 2.24) is 4.98 Å². The molecule has 0 unspecified atom stereocenters. The summed E-state index contributed by atoms with van der Waals surface area (Å²) in [7, 11) is 0. The van der Waals surface area contributed by atoms with Gasteiger partial charge >= 0.3 is 11.9 Å². The van der Waals surface area contributed by atoms with Crippen molar-refractivity contribution in [1.29, 1.82) is 0 Å². The highest BCUT2D eigenvalue weighted by Gasteiger charge is 2.28. The van der Waals surface area contributed by atoms with Gasteiger partial charge in [0.25, 0.3) is 5.56 Å². The zero-order valence-electron chi connectivity index (χ0n) is 11.7. The average Bonchev–Trinajstić information content (AvgIpc) is 2.40. The van der Waals surface area contributed by atoms with Gasteiger partial charge in [-0.05, 0) is 47.2 Å². The van der Waals surface area contributed by atoms with E-state index in [4.69, 9.17) is 5.73 Å². The lowest BCUT2D eigenvalue weighted by Gasteiger charge is -2.14. The lowest BCUT2D eigenvalue weighted by atomic mass is 9.94. The van der Waals surface area contributed by atoms with E-state index in [0.29, 0.717) is 9.13 Å². The molecule has 6 N–H and O–H groups in total. The van der Waals surface area contributed by atoms with E-state index in [1.54, 1.807) is 6.92 Å². The maximum Gasteiger partial charge on any atom is 0.342 e. The van der Waals surface area contributed by atoms with E-state index in [-0.39, 0.29) is 11.3 Å². The molecule has 0 aliphatic rings. The predicted octanol–water partition coefficient (Wildman–Crippen LogP) is 1.64. The zero-order chi connectivity index (χ0) is 17.5. The smallest absolute Gasteiger partial charge is 0.342 e. The number of phenolic OH excluding ortho intramolecular Hbond substituents is 1. The Hall–Kier alpha value is -2.56. The molecule has 0 atom stereocenters. The Morgan fingerprint density at radius 1 is 1.17 bits per heavy atom. The van der Waals surface area contributed by atoms with Crippen molar-refractivity contribution in [3.63, 3.8) is 0 Å². The molecular weight excluding hydrogens is 419 g/mol. The van der Waals surface area contributed by atoms with Crippen molar-refractivity contribution in [2.45, 2.75) is 6.92 Å². The number of carboxylic acid groups (broad SMARTS) is 2. The van der Waals surface area contributed by atoms with Crippen LogP contribution in [0.15, 0.2) is 16.9 Å². The molecule has 0 fully saturated rings. The number of nitrogens with two attached hydrogens (primary N) is 1. The first-order valence-corrected chi connectivity index (χ1v) is 7.24. The number of anilines is 1. The van der Waals surface area contributed by atoms with Crippen molar-refractivity contribution in [2.24, 2.45) is 0 Å². The van der Waals surface area contributed by atoms with Crippen LogP contribution in [0.3, 0.4) is 0 Å². The van der Waals surface area contributed by atoms with Gasteiger partial charge in [-0.2, -0.15) is 0 Å². The monoisotopic (exact) mass is 430 g/mol. The number of hydrogen-bond acceptors (Lipinski definition) is 5. The Balaban J connectivity index is 3.06. The largest absolute Gasteiger partial charge is 0.507 e. The zero-order valence-corrected chi connectivity index (χ0v) is 13.8. The molecule has 0 radical (unpaired) electrons. The second-order valence-electron chi connectivity index (χ2n) is 4.72. The van der Waals surface area contributed by atoms with Crippen LogP contribution >= 0.6 is 22.6 Å². The highest BCUT2D eigenvalue weighted by Crippen LogP contribution is 2.37. The molecule has 23 heavy (non-hydrogen) atoms. The number of nitrogens with one attached hydrogen (secondary N) is 1. The fraction of sp³-hybridized carbons (Fsp3) is 0.0714. The van der Waals surface area contributed by atoms with Gasteiger partial charge < -0.3 is 26.0 Å². The van der Waals surface area contributed by atoms with Crippen LogP contribution in [0.4, 0.5) is 5.82 Å². The molecule has 2 rings (SSSR count). The molecule has 0 aliphatic heterocycles. The Morgan fingerprint density at radius 3 is 2.26 bits per heavy atom. The summed E-state index contributed by atoms with van der Waals surface area (Å²) in [6, 6.07) is 2.75. The number of aromatic nitrogens is 1. The third-order valence-electron chi connectivity index (χ3n) is 3.22. The maximum atomic E-state index is 11.9. The number of aromatic carboxylic acids is 2. The van der Waals surface area contributed by atoms with Gasteiger partial charge in [0.05, 0.1) is 0 Å². The number of halogens is 1. The predicted molar refractivity (Wildman–Crippen MR) is 89.9 cm³/mol. The average molecular weight is 430 g/mol. The minimum Gasteiger partial charge on any atom is -0.507 e. The minimum absolute atomic E-state index is 0.0902. The molecular formula is C14H11IN2O6. The van der Waals surface area contributed by atoms with Crippen molar-refractivity contribution in [3.05, 3.63) is 42.7 Å². The van der Waals surface area contributed by atoms with E-state index < -0.39 is 40.0 Å². The molecule has 0 saturated heterocycles. The minimum atomic E-state index is -1.63. The summed E-state index contributed by atoms with van der Waals surface area (Å²) in [5.74, 6) is -3.99. The first kappa shape index (κ1) is 16.8. The number of phenols is 1. The summed E-state index contributed by atoms with van der Waals surface area (Å²) in [5.41, 5.74) is 3.29. The Labute approximate surface area is 142 Å². The van der Waals surface area contributed by atoms with Crippen LogP contribution in [0.1, 0.15) is 26.3 Å². The first-order chi connectivity index (χ1) is 10.6. The number of benzene rings is 1. The Morgan fingerprint density at radius 2 is 1.74 bits per heavy atom. The fourth-order valence-electron chi connectivity index (χ4n) is 2.18. The van der Waals surface area contributed by atoms with Crippen molar-refractivity contribution in [3.8, 4) is 16.9 Å². The van der Waals surface area contributed by atoms with Crippen LogP contribution in [0, 0.1) is 10.5 Å². The number of H-pyrrole nitrogens is 1. The molecule has 1 heterocycles. The summed E-state index contributed by atoms with van der Waals surface area (Å²) in [5, 5.41) is 28.7. The van der Waals surface area contributed by atoms with Crippen LogP contribution in [0.5, 0.6) is 5.75 Å². The highest BCUT2D eigenvalue weighted by molar-refractivity contribution is 14.1. The van der Waals surface area contributed by atoms with Crippen molar-refractivity contribution in [2.75, 3.05) is 5.73 Å². The number of pyridine rings is 1. The van der Waals surface area contributed by atoms with Crippen molar-refractivity contribution < 1.29 is 24.9 Å². The molecule has 0 amide bonds. The quantitative estimate of drug-likeness (QED) is 0.464. The number of carboxylic acids is 2. The SMILES string of the molecule is Cc1cc(O)c(-c2c(C(=O)O)c(N)[nH]c(=O)c2C(=O)O)cc1I. The maximum absolute atomic E-state index is 11.9. The number of aromatic amines is 1. The second kappa shape index (κ2) is 5.91. The number of aryl methyl sites for hydroxylation is 1. The molecule has 9 heteroatoms. The van der Waals surface area contributed by atoms with E-state index >= 15 is 0 Å². The third kappa shape index (κ3) is 2.86. The van der Waals surface area contributed by atoms with E-state index in [1.165, 1.54) is 12.1 Å². The summed E-state index contributed by atoms with van der Waals surface area (Å²) < 4.78 is 0.655. The van der Waals surface area contributed by atoms with Crippen LogP contribution in [-0.4, -0.2) is 32.2 Å². The van der Waals surface area contributed by atoms with Crippen molar-refractivity contribution >= 4 is 40.3 Å². The molecule has 0 bridgehead atoms. The second-order valence-corrected chi connectivity index (χ2v) is 5.88. The van der Waals surface area contributed by atoms with Crippen LogP contribution in [-0.2, 0) is 0 Å². The molecule has 0 saturated carbocycles. The topological polar surface area (TPSA) is 154 Å². The molecule has 2 aromatic rings. The first-order valence-electron chi connectivity index (χ1n) is 6.17. The molecule has 8 nitrogen and oxygen atoms in total. The summed E-state index contributed by atoms with van der Waals surface area (Å²) in [6.45, 7) is 1.72. The lowest BCUT2D eigenvalue weighted by molar-refractivity contribution is 0.0695. The summed E-state index contributed by atoms with van der Waals surface area (Å²) >= 11 is 1.95. The van der Waals surface area contributed by atoms with Gasteiger partial charge in [-0.25, -0.2) is 9.59 Å². The van der Waals surface area contributed by atoms with Crippen LogP contribution in [0.2, 0.25) is 0 Å². The molecule has 1 aromatic carbocycles. The Bertz CT molecular complexity index is 903. The van der Waals surface area contributed by atoms with Gasteiger partial charge in [0, 0.05) is 14.7 Å². The van der Waals surface area contributed by atoms with E-state index in [1.807, 2.05) is 27.6 Å². The summed E-state index contributed by atoms with van der Waals surface area (Å²) in [4.78, 5) is 36.8. The van der Waals surface area contributed by atoms with Gasteiger partial charge in [0.15, 0.2) is 0 Å². The highest BCUT2D eigenvalue weighted by atomic mass is 127. The van der Waals surface area contributed by atoms with Gasteiger partial charge in [0.1, 0.15) is 22.7 Å². The molecule has 1 aromatic heterocycles. The molecule has 0 aliphatic carbocycles. The van der Waals surface area contributed by atoms with Gasteiger partial charge in [-0.1, -0.05) is 0 Å². The number of rotatable bonds is 3. The standard InChI is InChI=1S/C14H11IN2O6/c1-4-2-7(18)5(3-6(4)15)8-9(13(20)21)11(16)17-12(19)10(8)14(22)23/h2-3,18H,1H3,(H,20,21)(H,22,23)(H3,16,17,19). The lowest BCUT2D eigenvalue weighted by Crippen LogP contribution is -2.24. The van der Waals surface area contributed by atoms with E-state index in [9.17, 15) is 29.7 Å². The number of carbonyl (C=O) groups is 2. The van der Waals surface area contributed by atoms with Gasteiger partial charge in [-0.15, -0.1) is 0 Å². The number of hydrogen-bond donors (Lipinski definition) is 5. The van der Waals surface area contributed by atoms with Crippen LogP contribution in [0.25, 0.3) is 11.1 Å². The normalized spacial score (nSPS) is 10.5. The van der Waals surface area contributed by atoms with E-state index in [2.05, 4.69) is 0 Å². The Kier molecular flexibility index (Phi) is 4.32. The molecule has 120 valence electrons. The molecule has 0 spiro atoms.